The lowest BCUT2D eigenvalue weighted by Gasteiger charge is -2.10. The van der Waals surface area contributed by atoms with Gasteiger partial charge in [0.15, 0.2) is 0 Å². The molecule has 1 fully saturated rings. The fourth-order valence-electron chi connectivity index (χ4n) is 2.23. The smallest absolute Gasteiger partial charge is 0.253 e. The van der Waals surface area contributed by atoms with Crippen LogP contribution in [0.4, 0.5) is 5.69 Å². The van der Waals surface area contributed by atoms with Crippen LogP contribution in [0.2, 0.25) is 0 Å². The summed E-state index contributed by atoms with van der Waals surface area (Å²) in [6.45, 7) is 2.67. The van der Waals surface area contributed by atoms with E-state index >= 15 is 0 Å². The zero-order chi connectivity index (χ0) is 13.9. The van der Waals surface area contributed by atoms with Crippen LogP contribution in [0.3, 0.4) is 0 Å². The van der Waals surface area contributed by atoms with Gasteiger partial charge in [-0.25, -0.2) is 4.98 Å². The second-order valence-electron chi connectivity index (χ2n) is 4.82. The van der Waals surface area contributed by atoms with Gasteiger partial charge in [-0.1, -0.05) is 12.1 Å². The van der Waals surface area contributed by atoms with E-state index in [-0.39, 0.29) is 12.0 Å². The summed E-state index contributed by atoms with van der Waals surface area (Å²) in [5.74, 6) is -0.0558. The number of anilines is 1. The summed E-state index contributed by atoms with van der Waals surface area (Å²) < 4.78 is 5.36. The van der Waals surface area contributed by atoms with Gasteiger partial charge in [-0.15, -0.1) is 11.3 Å². The van der Waals surface area contributed by atoms with E-state index in [1.807, 2.05) is 36.6 Å². The molecule has 1 unspecified atom stereocenters. The molecule has 0 bridgehead atoms. The van der Waals surface area contributed by atoms with Crippen molar-refractivity contribution in [3.63, 3.8) is 0 Å². The molecule has 5 heteroatoms. The van der Waals surface area contributed by atoms with Crippen molar-refractivity contribution in [2.75, 3.05) is 11.9 Å². The number of nitrogens with one attached hydrogen (secondary N) is 1. The van der Waals surface area contributed by atoms with E-state index in [4.69, 9.17) is 4.74 Å². The van der Waals surface area contributed by atoms with E-state index in [0.717, 1.165) is 34.8 Å². The van der Waals surface area contributed by atoms with Gasteiger partial charge in [0.05, 0.1) is 10.7 Å². The first-order valence-corrected chi connectivity index (χ1v) is 7.55. The third kappa shape index (κ3) is 2.89. The minimum atomic E-state index is -0.295. The molecule has 2 aromatic rings. The highest BCUT2D eigenvalue weighted by atomic mass is 32.1. The SMILES string of the molecule is Cc1nc(-c2ccc(NC(=O)C3CCCO3)cc2)cs1. The number of aromatic nitrogens is 1. The summed E-state index contributed by atoms with van der Waals surface area (Å²) in [7, 11) is 0. The Morgan fingerprint density at radius 2 is 2.20 bits per heavy atom. The lowest BCUT2D eigenvalue weighted by Crippen LogP contribution is -2.26. The molecule has 1 atom stereocenters. The van der Waals surface area contributed by atoms with Crippen LogP contribution in [0.15, 0.2) is 29.6 Å². The number of ether oxygens (including phenoxy) is 1. The molecule has 4 nitrogen and oxygen atoms in total. The fourth-order valence-corrected chi connectivity index (χ4v) is 2.85. The maximum atomic E-state index is 11.9. The molecule has 0 saturated carbocycles. The molecule has 20 heavy (non-hydrogen) atoms. The van der Waals surface area contributed by atoms with Crippen LogP contribution in [0.1, 0.15) is 17.8 Å². The van der Waals surface area contributed by atoms with Crippen LogP contribution in [-0.2, 0) is 9.53 Å². The first kappa shape index (κ1) is 13.3. The Bertz CT molecular complexity index is 601. The number of carbonyl (C=O) groups is 1. The predicted octanol–water partition coefficient (Wildman–Crippen LogP) is 3.24. The van der Waals surface area contributed by atoms with E-state index in [1.165, 1.54) is 0 Å². The van der Waals surface area contributed by atoms with Crippen molar-refractivity contribution in [2.24, 2.45) is 0 Å². The maximum Gasteiger partial charge on any atom is 0.253 e. The third-order valence-corrected chi connectivity index (χ3v) is 4.06. The van der Waals surface area contributed by atoms with Gasteiger partial charge >= 0.3 is 0 Å². The van der Waals surface area contributed by atoms with Crippen molar-refractivity contribution in [3.8, 4) is 11.3 Å². The zero-order valence-electron chi connectivity index (χ0n) is 11.3. The topological polar surface area (TPSA) is 51.2 Å². The van der Waals surface area contributed by atoms with Crippen molar-refractivity contribution in [1.82, 2.24) is 4.98 Å². The molecule has 0 aliphatic carbocycles. The molecule has 1 aromatic carbocycles. The minimum Gasteiger partial charge on any atom is -0.368 e. The molecular formula is C15H16N2O2S. The summed E-state index contributed by atoms with van der Waals surface area (Å²) in [5.41, 5.74) is 2.83. The Morgan fingerprint density at radius 1 is 1.40 bits per heavy atom. The number of thiazole rings is 1. The first-order chi connectivity index (χ1) is 9.72. The van der Waals surface area contributed by atoms with Gasteiger partial charge in [-0.2, -0.15) is 0 Å². The van der Waals surface area contributed by atoms with E-state index < -0.39 is 0 Å². The normalized spacial score (nSPS) is 18.1. The van der Waals surface area contributed by atoms with Gasteiger partial charge in [-0.05, 0) is 31.9 Å². The second kappa shape index (κ2) is 5.73. The summed E-state index contributed by atoms with van der Waals surface area (Å²) in [5, 5.41) is 5.97. The lowest BCUT2D eigenvalue weighted by atomic mass is 10.1. The number of rotatable bonds is 3. The maximum absolute atomic E-state index is 11.9. The average Bonchev–Trinajstić information content (AvgIpc) is 3.10. The van der Waals surface area contributed by atoms with E-state index in [9.17, 15) is 4.79 Å². The standard InChI is InChI=1S/C15H16N2O2S/c1-10-16-13(9-20-10)11-4-6-12(7-5-11)17-15(18)14-3-2-8-19-14/h4-7,9,14H,2-3,8H2,1H3,(H,17,18). The van der Waals surface area contributed by atoms with Crippen molar-refractivity contribution in [1.29, 1.82) is 0 Å². The van der Waals surface area contributed by atoms with Gasteiger partial charge in [0.1, 0.15) is 6.10 Å². The van der Waals surface area contributed by atoms with Crippen LogP contribution in [0.25, 0.3) is 11.3 Å². The summed E-state index contributed by atoms with van der Waals surface area (Å²) in [6, 6.07) is 7.74. The predicted molar refractivity (Wildman–Crippen MR) is 79.9 cm³/mol. The molecule has 1 saturated heterocycles. The molecule has 1 N–H and O–H groups in total. The van der Waals surface area contributed by atoms with Crippen LogP contribution < -0.4 is 5.32 Å². The zero-order valence-corrected chi connectivity index (χ0v) is 12.1. The Hall–Kier alpha value is -1.72. The molecule has 1 aliphatic heterocycles. The van der Waals surface area contributed by atoms with E-state index in [0.29, 0.717) is 6.61 Å². The van der Waals surface area contributed by atoms with Gasteiger partial charge in [0, 0.05) is 23.2 Å². The monoisotopic (exact) mass is 288 g/mol. The summed E-state index contributed by atoms with van der Waals surface area (Å²) in [6.07, 6.45) is 1.47. The minimum absolute atomic E-state index is 0.0558. The van der Waals surface area contributed by atoms with Gasteiger partial charge in [-0.3, -0.25) is 4.79 Å². The van der Waals surface area contributed by atoms with E-state index in [1.54, 1.807) is 11.3 Å². The Labute approximate surface area is 121 Å². The Morgan fingerprint density at radius 3 is 2.80 bits per heavy atom. The molecule has 0 radical (unpaired) electrons. The van der Waals surface area contributed by atoms with Crippen molar-refractivity contribution >= 4 is 22.9 Å². The van der Waals surface area contributed by atoms with Crippen molar-refractivity contribution in [2.45, 2.75) is 25.9 Å². The van der Waals surface area contributed by atoms with Crippen molar-refractivity contribution < 1.29 is 9.53 Å². The van der Waals surface area contributed by atoms with Crippen LogP contribution in [0.5, 0.6) is 0 Å². The molecule has 104 valence electrons. The van der Waals surface area contributed by atoms with Crippen LogP contribution >= 0.6 is 11.3 Å². The lowest BCUT2D eigenvalue weighted by molar-refractivity contribution is -0.124. The first-order valence-electron chi connectivity index (χ1n) is 6.67. The fraction of sp³-hybridized carbons (Fsp3) is 0.333. The highest BCUT2D eigenvalue weighted by Crippen LogP contribution is 2.23. The number of hydrogen-bond donors (Lipinski definition) is 1. The molecule has 3 rings (SSSR count). The van der Waals surface area contributed by atoms with Crippen molar-refractivity contribution in [3.05, 3.63) is 34.7 Å². The number of hydrogen-bond acceptors (Lipinski definition) is 4. The van der Waals surface area contributed by atoms with E-state index in [2.05, 4.69) is 10.3 Å². The Kier molecular flexibility index (Phi) is 3.80. The number of amides is 1. The molecule has 0 spiro atoms. The second-order valence-corrected chi connectivity index (χ2v) is 5.88. The quantitative estimate of drug-likeness (QED) is 0.943. The molecule has 1 aliphatic rings. The number of aryl methyl sites for hydroxylation is 1. The number of carbonyl (C=O) groups excluding carboxylic acids is 1. The summed E-state index contributed by atoms with van der Waals surface area (Å²) >= 11 is 1.63. The highest BCUT2D eigenvalue weighted by molar-refractivity contribution is 7.09. The largest absolute Gasteiger partial charge is 0.368 e. The number of nitrogens with zero attached hydrogens (tertiary/aromatic N) is 1. The average molecular weight is 288 g/mol. The highest BCUT2D eigenvalue weighted by Gasteiger charge is 2.23. The molecular weight excluding hydrogens is 272 g/mol. The molecule has 1 aromatic heterocycles. The van der Waals surface area contributed by atoms with Gasteiger partial charge in [0.2, 0.25) is 0 Å². The molecule has 2 heterocycles. The van der Waals surface area contributed by atoms with Crippen LogP contribution in [-0.4, -0.2) is 23.6 Å². The summed E-state index contributed by atoms with van der Waals surface area (Å²) in [4.78, 5) is 16.4. The Balaban J connectivity index is 1.68. The molecule has 1 amide bonds. The van der Waals surface area contributed by atoms with Gasteiger partial charge in [0.25, 0.3) is 5.91 Å². The van der Waals surface area contributed by atoms with Gasteiger partial charge < -0.3 is 10.1 Å². The third-order valence-electron chi connectivity index (χ3n) is 3.29. The van der Waals surface area contributed by atoms with Crippen LogP contribution in [0, 0.1) is 6.92 Å². The number of benzene rings is 1.